The summed E-state index contributed by atoms with van der Waals surface area (Å²) < 4.78 is 26.6. The Balaban J connectivity index is 2.63. The van der Waals surface area contributed by atoms with Gasteiger partial charge in [-0.2, -0.15) is 0 Å². The molecule has 0 bridgehead atoms. The fourth-order valence-electron chi connectivity index (χ4n) is 1.32. The first kappa shape index (κ1) is 8.88. The van der Waals surface area contributed by atoms with Gasteiger partial charge in [0, 0.05) is 0 Å². The summed E-state index contributed by atoms with van der Waals surface area (Å²) in [4.78, 5) is 0. The summed E-state index contributed by atoms with van der Waals surface area (Å²) in [5.41, 5.74) is 0.507. The molecule has 2 aromatic carbocycles. The van der Waals surface area contributed by atoms with Gasteiger partial charge in [-0.15, -0.1) is 0 Å². The third-order valence-corrected chi connectivity index (χ3v) is 1.96. The minimum absolute atomic E-state index is 0.00403. The first-order valence-electron chi connectivity index (χ1n) is 4.19. The van der Waals surface area contributed by atoms with E-state index in [1.54, 1.807) is 24.3 Å². The molecule has 0 heterocycles. The van der Waals surface area contributed by atoms with Gasteiger partial charge in [-0.3, -0.25) is 0 Å². The van der Waals surface area contributed by atoms with Crippen molar-refractivity contribution < 1.29 is 8.78 Å². The molecule has 2 aromatic rings. The van der Waals surface area contributed by atoms with Gasteiger partial charge in [0.25, 0.3) is 0 Å². The maximum Gasteiger partial charge on any atom is 0.133 e. The second-order valence-electron chi connectivity index (χ2n) is 2.89. The molecule has 2 rings (SSSR count). The highest BCUT2D eigenvalue weighted by atomic mass is 19.1. The van der Waals surface area contributed by atoms with E-state index >= 15 is 0 Å². The van der Waals surface area contributed by atoms with Crippen molar-refractivity contribution in [3.63, 3.8) is 0 Å². The first-order chi connectivity index (χ1) is 6.79. The third-order valence-electron chi connectivity index (χ3n) is 1.96. The van der Waals surface area contributed by atoms with Gasteiger partial charge in [0.05, 0.1) is 5.56 Å². The summed E-state index contributed by atoms with van der Waals surface area (Å²) in [5, 5.41) is 0. The molecule has 69 valence electrons. The van der Waals surface area contributed by atoms with Crippen molar-refractivity contribution in [3.8, 4) is 11.1 Å². The van der Waals surface area contributed by atoms with Crippen LogP contribution in [-0.4, -0.2) is 0 Å². The predicted octanol–water partition coefficient (Wildman–Crippen LogP) is 3.43. The number of halogens is 2. The van der Waals surface area contributed by atoms with E-state index in [2.05, 4.69) is 6.07 Å². The number of hydrogen-bond donors (Lipinski definition) is 0. The largest absolute Gasteiger partial charge is 0.206 e. The van der Waals surface area contributed by atoms with Crippen molar-refractivity contribution in [1.82, 2.24) is 0 Å². The Morgan fingerprint density at radius 1 is 0.929 bits per heavy atom. The maximum absolute atomic E-state index is 13.3. The Labute approximate surface area is 80.8 Å². The summed E-state index contributed by atoms with van der Waals surface area (Å²) >= 11 is 0. The van der Waals surface area contributed by atoms with E-state index in [-0.39, 0.29) is 5.56 Å². The Morgan fingerprint density at radius 3 is 2.21 bits per heavy atom. The van der Waals surface area contributed by atoms with Gasteiger partial charge < -0.3 is 0 Å². The van der Waals surface area contributed by atoms with Crippen molar-refractivity contribution in [2.75, 3.05) is 0 Å². The van der Waals surface area contributed by atoms with Gasteiger partial charge in [0.2, 0.25) is 0 Å². The van der Waals surface area contributed by atoms with Crippen LogP contribution in [-0.2, 0) is 0 Å². The maximum atomic E-state index is 13.3. The molecule has 0 aliphatic heterocycles. The molecule has 0 spiro atoms. The van der Waals surface area contributed by atoms with Gasteiger partial charge in [-0.1, -0.05) is 24.3 Å². The molecule has 0 aliphatic carbocycles. The van der Waals surface area contributed by atoms with Crippen LogP contribution in [0.1, 0.15) is 0 Å². The van der Waals surface area contributed by atoms with E-state index in [4.69, 9.17) is 0 Å². The molecule has 0 aromatic heterocycles. The highest BCUT2D eigenvalue weighted by Gasteiger charge is 2.09. The van der Waals surface area contributed by atoms with Gasteiger partial charge in [-0.05, 0) is 29.8 Å². The Bertz CT molecular complexity index is 415. The summed E-state index contributed by atoms with van der Waals surface area (Å²) in [7, 11) is 0. The summed E-state index contributed by atoms with van der Waals surface area (Å²) in [5.74, 6) is -1.10. The zero-order valence-electron chi connectivity index (χ0n) is 7.30. The van der Waals surface area contributed by atoms with Gasteiger partial charge in [-0.25, -0.2) is 8.78 Å². The van der Waals surface area contributed by atoms with Crippen molar-refractivity contribution >= 4 is 0 Å². The van der Waals surface area contributed by atoms with Gasteiger partial charge >= 0.3 is 0 Å². The lowest BCUT2D eigenvalue weighted by Crippen LogP contribution is -1.88. The molecule has 0 nitrogen and oxygen atoms in total. The molecule has 14 heavy (non-hydrogen) atoms. The van der Waals surface area contributed by atoms with E-state index < -0.39 is 11.6 Å². The molecule has 0 N–H and O–H groups in total. The third kappa shape index (κ3) is 1.51. The van der Waals surface area contributed by atoms with E-state index in [0.29, 0.717) is 5.56 Å². The van der Waals surface area contributed by atoms with E-state index in [1.807, 2.05) is 0 Å². The van der Waals surface area contributed by atoms with Gasteiger partial charge in [0.15, 0.2) is 0 Å². The molecule has 0 fully saturated rings. The lowest BCUT2D eigenvalue weighted by Gasteiger charge is -2.03. The fourth-order valence-corrected chi connectivity index (χ4v) is 1.32. The Kier molecular flexibility index (Phi) is 2.27. The highest BCUT2D eigenvalue weighted by molar-refractivity contribution is 5.64. The van der Waals surface area contributed by atoms with Crippen LogP contribution < -0.4 is 0 Å². The average Bonchev–Trinajstić information content (AvgIpc) is 2.19. The highest BCUT2D eigenvalue weighted by Crippen LogP contribution is 2.24. The van der Waals surface area contributed by atoms with Crippen LogP contribution in [0.4, 0.5) is 8.78 Å². The van der Waals surface area contributed by atoms with Crippen LogP contribution in [0.3, 0.4) is 0 Å². The van der Waals surface area contributed by atoms with E-state index in [9.17, 15) is 8.78 Å². The normalized spacial score (nSPS) is 10.1. The zero-order chi connectivity index (χ0) is 9.97. The molecule has 0 amide bonds. The van der Waals surface area contributed by atoms with Crippen molar-refractivity contribution in [2.24, 2.45) is 0 Å². The SMILES string of the molecule is Fc1cccc(F)c1-c1c[c]ccc1. The quantitative estimate of drug-likeness (QED) is 0.644. The van der Waals surface area contributed by atoms with E-state index in [0.717, 1.165) is 0 Å². The predicted molar refractivity (Wildman–Crippen MR) is 50.6 cm³/mol. The van der Waals surface area contributed by atoms with Crippen LogP contribution in [0.5, 0.6) is 0 Å². The van der Waals surface area contributed by atoms with Crippen LogP contribution in [0.25, 0.3) is 11.1 Å². The van der Waals surface area contributed by atoms with Gasteiger partial charge in [0.1, 0.15) is 11.6 Å². The molecule has 0 saturated heterocycles. The average molecular weight is 189 g/mol. The summed E-state index contributed by atoms with van der Waals surface area (Å²) in [6.07, 6.45) is 0. The number of benzene rings is 2. The molecular formula is C12H7F2. The second kappa shape index (κ2) is 3.58. The smallest absolute Gasteiger partial charge is 0.133 e. The van der Waals surface area contributed by atoms with Crippen LogP contribution in [0.15, 0.2) is 42.5 Å². The lowest BCUT2D eigenvalue weighted by atomic mass is 10.0. The number of hydrogen-bond acceptors (Lipinski definition) is 0. The Hall–Kier alpha value is -1.70. The fraction of sp³-hybridized carbons (Fsp3) is 0. The lowest BCUT2D eigenvalue weighted by molar-refractivity contribution is 0.589. The summed E-state index contributed by atoms with van der Waals surface area (Å²) in [6.45, 7) is 0. The second-order valence-corrected chi connectivity index (χ2v) is 2.89. The van der Waals surface area contributed by atoms with Crippen molar-refractivity contribution in [3.05, 3.63) is 60.2 Å². The van der Waals surface area contributed by atoms with Crippen molar-refractivity contribution in [2.45, 2.75) is 0 Å². The zero-order valence-corrected chi connectivity index (χ0v) is 7.30. The topological polar surface area (TPSA) is 0 Å². The molecule has 0 aliphatic rings. The van der Waals surface area contributed by atoms with Crippen LogP contribution in [0.2, 0.25) is 0 Å². The number of rotatable bonds is 1. The Morgan fingerprint density at radius 2 is 1.64 bits per heavy atom. The minimum atomic E-state index is -0.551. The molecule has 1 radical (unpaired) electrons. The molecular weight excluding hydrogens is 182 g/mol. The molecule has 0 unspecified atom stereocenters. The minimum Gasteiger partial charge on any atom is -0.206 e. The molecule has 0 atom stereocenters. The van der Waals surface area contributed by atoms with Crippen molar-refractivity contribution in [1.29, 1.82) is 0 Å². The van der Waals surface area contributed by atoms with Crippen LogP contribution in [0, 0.1) is 17.7 Å². The first-order valence-corrected chi connectivity index (χ1v) is 4.19. The monoisotopic (exact) mass is 189 g/mol. The van der Waals surface area contributed by atoms with Crippen LogP contribution >= 0.6 is 0 Å². The molecule has 0 saturated carbocycles. The van der Waals surface area contributed by atoms with E-state index in [1.165, 1.54) is 18.2 Å². The molecule has 2 heteroatoms. The standard InChI is InChI=1S/C12H7F2/c13-10-7-4-8-11(14)12(10)9-5-2-1-3-6-9/h1-2,4-8H. The summed E-state index contributed by atoms with van der Waals surface area (Å²) in [6, 6.07) is 13.2.